The minimum absolute atomic E-state index is 0.295. The summed E-state index contributed by atoms with van der Waals surface area (Å²) in [6.07, 6.45) is 1.78. The first-order chi connectivity index (χ1) is 9.72. The molecule has 0 spiro atoms. The molecule has 1 N–H and O–H groups in total. The van der Waals surface area contributed by atoms with Gasteiger partial charge >= 0.3 is 0 Å². The van der Waals surface area contributed by atoms with Gasteiger partial charge in [-0.25, -0.2) is 4.39 Å². The second-order valence-electron chi connectivity index (χ2n) is 4.71. The van der Waals surface area contributed by atoms with Crippen molar-refractivity contribution < 1.29 is 9.13 Å². The van der Waals surface area contributed by atoms with E-state index in [1.165, 1.54) is 12.0 Å². The number of hydrogen-bond donors (Lipinski definition) is 1. The summed E-state index contributed by atoms with van der Waals surface area (Å²) in [7, 11) is 1.48. The predicted octanol–water partition coefficient (Wildman–Crippen LogP) is 3.66. The fourth-order valence-electron chi connectivity index (χ4n) is 2.30. The number of nitrogens with one attached hydrogen (secondary N) is 1. The molecule has 0 saturated carbocycles. The quantitative estimate of drug-likeness (QED) is 0.841. The van der Waals surface area contributed by atoms with E-state index in [9.17, 15) is 4.39 Å². The number of likely N-dealkylation sites (N-methyl/N-ethyl adjacent to an activating group) is 1. The number of ether oxygens (including phenoxy) is 1. The van der Waals surface area contributed by atoms with Crippen molar-refractivity contribution in [3.05, 3.63) is 52.0 Å². The maximum atomic E-state index is 13.7. The average molecular weight is 293 g/mol. The van der Waals surface area contributed by atoms with Gasteiger partial charge in [0.2, 0.25) is 0 Å². The van der Waals surface area contributed by atoms with Crippen LogP contribution in [0.1, 0.15) is 17.4 Å². The van der Waals surface area contributed by atoms with Gasteiger partial charge in [0.05, 0.1) is 7.11 Å². The third kappa shape index (κ3) is 4.05. The highest BCUT2D eigenvalue weighted by atomic mass is 32.1. The van der Waals surface area contributed by atoms with Crippen LogP contribution < -0.4 is 10.1 Å². The van der Waals surface area contributed by atoms with Crippen LogP contribution in [0, 0.1) is 5.82 Å². The molecule has 0 fully saturated rings. The van der Waals surface area contributed by atoms with Crippen LogP contribution in [0.3, 0.4) is 0 Å². The molecule has 0 aliphatic heterocycles. The lowest BCUT2D eigenvalue weighted by Gasteiger charge is -2.17. The Morgan fingerprint density at radius 1 is 1.30 bits per heavy atom. The van der Waals surface area contributed by atoms with E-state index in [-0.39, 0.29) is 5.82 Å². The summed E-state index contributed by atoms with van der Waals surface area (Å²) in [5.41, 5.74) is 0.991. The first-order valence-electron chi connectivity index (χ1n) is 6.81. The van der Waals surface area contributed by atoms with E-state index in [0.29, 0.717) is 11.8 Å². The van der Waals surface area contributed by atoms with Gasteiger partial charge in [0.25, 0.3) is 0 Å². The fourth-order valence-corrected chi connectivity index (χ4v) is 3.08. The van der Waals surface area contributed by atoms with E-state index in [0.717, 1.165) is 24.9 Å². The van der Waals surface area contributed by atoms with E-state index in [2.05, 4.69) is 29.8 Å². The topological polar surface area (TPSA) is 21.3 Å². The van der Waals surface area contributed by atoms with Gasteiger partial charge < -0.3 is 10.1 Å². The molecule has 4 heteroatoms. The molecule has 0 aliphatic rings. The number of halogens is 1. The minimum atomic E-state index is -0.295. The van der Waals surface area contributed by atoms with Crippen molar-refractivity contribution in [3.8, 4) is 5.75 Å². The molecule has 20 heavy (non-hydrogen) atoms. The Bertz CT molecular complexity index is 527. The Kier molecular flexibility index (Phi) is 5.56. The van der Waals surface area contributed by atoms with E-state index >= 15 is 0 Å². The molecule has 1 unspecified atom stereocenters. The van der Waals surface area contributed by atoms with Crippen molar-refractivity contribution >= 4 is 11.3 Å². The average Bonchev–Trinajstić information content (AvgIpc) is 2.92. The van der Waals surface area contributed by atoms with E-state index in [4.69, 9.17) is 4.74 Å². The SMILES string of the molecule is CCNC(Cc1ccc(OC)c(F)c1)Cc1cccs1. The van der Waals surface area contributed by atoms with Crippen molar-refractivity contribution in [3.63, 3.8) is 0 Å². The lowest BCUT2D eigenvalue weighted by atomic mass is 10.0. The molecule has 0 amide bonds. The van der Waals surface area contributed by atoms with Crippen molar-refractivity contribution in [2.45, 2.75) is 25.8 Å². The Morgan fingerprint density at radius 2 is 2.15 bits per heavy atom. The van der Waals surface area contributed by atoms with Crippen LogP contribution in [-0.4, -0.2) is 19.7 Å². The van der Waals surface area contributed by atoms with E-state index < -0.39 is 0 Å². The number of thiophene rings is 1. The molecule has 2 rings (SSSR count). The molecule has 0 radical (unpaired) electrons. The largest absolute Gasteiger partial charge is 0.494 e. The van der Waals surface area contributed by atoms with Crippen molar-refractivity contribution in [1.82, 2.24) is 5.32 Å². The summed E-state index contributed by atoms with van der Waals surface area (Å²) in [6, 6.07) is 9.72. The summed E-state index contributed by atoms with van der Waals surface area (Å²) in [5, 5.41) is 5.56. The number of benzene rings is 1. The molecule has 1 aromatic heterocycles. The Hall–Kier alpha value is -1.39. The van der Waals surface area contributed by atoms with Crippen molar-refractivity contribution in [1.29, 1.82) is 0 Å². The highest BCUT2D eigenvalue weighted by Crippen LogP contribution is 2.20. The summed E-state index contributed by atoms with van der Waals surface area (Å²) < 4.78 is 18.7. The molecule has 2 nitrogen and oxygen atoms in total. The first-order valence-corrected chi connectivity index (χ1v) is 7.69. The van der Waals surface area contributed by atoms with Crippen LogP contribution in [0.2, 0.25) is 0 Å². The summed E-state index contributed by atoms with van der Waals surface area (Å²) in [6.45, 7) is 3.00. The van der Waals surface area contributed by atoms with Gasteiger partial charge in [-0.2, -0.15) is 0 Å². The van der Waals surface area contributed by atoms with Crippen molar-refractivity contribution in [2.24, 2.45) is 0 Å². The fraction of sp³-hybridized carbons (Fsp3) is 0.375. The predicted molar refractivity (Wildman–Crippen MR) is 82.1 cm³/mol. The number of hydrogen-bond acceptors (Lipinski definition) is 3. The van der Waals surface area contributed by atoms with Crippen LogP contribution in [0.25, 0.3) is 0 Å². The molecule has 2 aromatic rings. The van der Waals surface area contributed by atoms with Crippen LogP contribution in [0.5, 0.6) is 5.75 Å². The van der Waals surface area contributed by atoms with Crippen LogP contribution in [0.15, 0.2) is 35.7 Å². The molecule has 1 aromatic carbocycles. The number of rotatable bonds is 7. The maximum Gasteiger partial charge on any atom is 0.165 e. The van der Waals surface area contributed by atoms with Gasteiger partial charge in [-0.1, -0.05) is 19.1 Å². The van der Waals surface area contributed by atoms with Crippen molar-refractivity contribution in [2.75, 3.05) is 13.7 Å². The molecule has 0 saturated heterocycles. The van der Waals surface area contributed by atoms with Gasteiger partial charge in [0.15, 0.2) is 11.6 Å². The van der Waals surface area contributed by atoms with Gasteiger partial charge in [-0.3, -0.25) is 0 Å². The number of methoxy groups -OCH3 is 1. The van der Waals surface area contributed by atoms with E-state index in [1.54, 1.807) is 23.5 Å². The third-order valence-electron chi connectivity index (χ3n) is 3.22. The van der Waals surface area contributed by atoms with Gasteiger partial charge in [0, 0.05) is 10.9 Å². The normalized spacial score (nSPS) is 12.3. The zero-order chi connectivity index (χ0) is 14.4. The monoisotopic (exact) mass is 293 g/mol. The van der Waals surface area contributed by atoms with Crippen LogP contribution >= 0.6 is 11.3 Å². The van der Waals surface area contributed by atoms with Gasteiger partial charge in [0.1, 0.15) is 0 Å². The minimum Gasteiger partial charge on any atom is -0.494 e. The lowest BCUT2D eigenvalue weighted by molar-refractivity contribution is 0.386. The summed E-state index contributed by atoms with van der Waals surface area (Å²) >= 11 is 1.76. The lowest BCUT2D eigenvalue weighted by Crippen LogP contribution is -2.32. The van der Waals surface area contributed by atoms with E-state index in [1.807, 2.05) is 6.07 Å². The Labute approximate surface area is 123 Å². The zero-order valence-corrected chi connectivity index (χ0v) is 12.7. The van der Waals surface area contributed by atoms with Gasteiger partial charge in [-0.05, 0) is 48.5 Å². The Morgan fingerprint density at radius 3 is 2.75 bits per heavy atom. The molecule has 1 heterocycles. The highest BCUT2D eigenvalue weighted by Gasteiger charge is 2.12. The Balaban J connectivity index is 2.05. The third-order valence-corrected chi connectivity index (χ3v) is 4.12. The highest BCUT2D eigenvalue weighted by molar-refractivity contribution is 7.09. The first kappa shape index (κ1) is 15.0. The second-order valence-corrected chi connectivity index (χ2v) is 5.74. The molecular formula is C16H20FNOS. The second kappa shape index (κ2) is 7.41. The maximum absolute atomic E-state index is 13.7. The molecule has 0 aliphatic carbocycles. The summed E-state index contributed by atoms with van der Waals surface area (Å²) in [4.78, 5) is 1.35. The molecule has 1 atom stereocenters. The van der Waals surface area contributed by atoms with Crippen LogP contribution in [0.4, 0.5) is 4.39 Å². The van der Waals surface area contributed by atoms with Crippen LogP contribution in [-0.2, 0) is 12.8 Å². The molecular weight excluding hydrogens is 273 g/mol. The molecule has 0 bridgehead atoms. The molecule has 108 valence electrons. The smallest absolute Gasteiger partial charge is 0.165 e. The zero-order valence-electron chi connectivity index (χ0n) is 11.9. The standard InChI is InChI=1S/C16H20FNOS/c1-3-18-13(11-14-5-4-8-20-14)9-12-6-7-16(19-2)15(17)10-12/h4-8,10,13,18H,3,9,11H2,1-2H3. The summed E-state index contributed by atoms with van der Waals surface area (Å²) in [5.74, 6) is 0.00313. The van der Waals surface area contributed by atoms with Gasteiger partial charge in [-0.15, -0.1) is 11.3 Å².